The van der Waals surface area contributed by atoms with Crippen molar-refractivity contribution in [2.24, 2.45) is 0 Å². The van der Waals surface area contributed by atoms with Crippen molar-refractivity contribution in [3.8, 4) is 0 Å². The maximum Gasteiger partial charge on any atom is 0.0445 e. The molecule has 18 heavy (non-hydrogen) atoms. The highest BCUT2D eigenvalue weighted by Gasteiger charge is 2.13. The molecular formula is C15H27N3. The Labute approximate surface area is 112 Å². The molecule has 0 spiro atoms. The summed E-state index contributed by atoms with van der Waals surface area (Å²) in [5.74, 6) is 0. The summed E-state index contributed by atoms with van der Waals surface area (Å²) in [6.07, 6.45) is 4.44. The summed E-state index contributed by atoms with van der Waals surface area (Å²) in [6.45, 7) is 10.6. The van der Waals surface area contributed by atoms with Gasteiger partial charge in [0, 0.05) is 42.8 Å². The van der Waals surface area contributed by atoms with Gasteiger partial charge in [0.25, 0.3) is 0 Å². The van der Waals surface area contributed by atoms with E-state index in [-0.39, 0.29) is 0 Å². The Bertz CT molecular complexity index is 363. The molecule has 1 N–H and O–H groups in total. The topological polar surface area (TPSA) is 28.2 Å². The van der Waals surface area contributed by atoms with E-state index in [9.17, 15) is 0 Å². The van der Waals surface area contributed by atoms with Crippen molar-refractivity contribution in [1.82, 2.24) is 10.3 Å². The van der Waals surface area contributed by atoms with E-state index < -0.39 is 0 Å². The molecule has 102 valence electrons. The van der Waals surface area contributed by atoms with Crippen LogP contribution in [0.15, 0.2) is 12.3 Å². The smallest absolute Gasteiger partial charge is 0.0445 e. The summed E-state index contributed by atoms with van der Waals surface area (Å²) in [5, 5.41) is 3.38. The van der Waals surface area contributed by atoms with Gasteiger partial charge in [-0.25, -0.2) is 0 Å². The summed E-state index contributed by atoms with van der Waals surface area (Å²) < 4.78 is 0. The first-order chi connectivity index (χ1) is 8.60. The van der Waals surface area contributed by atoms with E-state index >= 15 is 0 Å². The molecule has 1 rings (SSSR count). The first-order valence-corrected chi connectivity index (χ1v) is 6.99. The van der Waals surface area contributed by atoms with Gasteiger partial charge in [0.15, 0.2) is 0 Å². The van der Waals surface area contributed by atoms with E-state index in [0.717, 1.165) is 18.8 Å². The number of pyridine rings is 1. The second kappa shape index (κ2) is 7.37. The first-order valence-electron chi connectivity index (χ1n) is 6.99. The zero-order chi connectivity index (χ0) is 13.5. The molecule has 1 heterocycles. The molecule has 0 saturated heterocycles. The van der Waals surface area contributed by atoms with Crippen molar-refractivity contribution in [3.05, 3.63) is 23.5 Å². The van der Waals surface area contributed by atoms with Crippen molar-refractivity contribution in [3.63, 3.8) is 0 Å². The van der Waals surface area contributed by atoms with E-state index in [1.54, 1.807) is 0 Å². The van der Waals surface area contributed by atoms with Crippen LogP contribution >= 0.6 is 0 Å². The van der Waals surface area contributed by atoms with Crippen LogP contribution in [0, 0.1) is 6.92 Å². The van der Waals surface area contributed by atoms with Crippen LogP contribution in [0.2, 0.25) is 0 Å². The van der Waals surface area contributed by atoms with Crippen LogP contribution in [0.3, 0.4) is 0 Å². The lowest BCUT2D eigenvalue weighted by atomic mass is 10.1. The highest BCUT2D eigenvalue weighted by molar-refractivity contribution is 5.53. The van der Waals surface area contributed by atoms with Crippen molar-refractivity contribution in [2.75, 3.05) is 18.5 Å². The van der Waals surface area contributed by atoms with Crippen LogP contribution in [0.4, 0.5) is 5.69 Å². The van der Waals surface area contributed by atoms with Crippen molar-refractivity contribution >= 4 is 5.69 Å². The van der Waals surface area contributed by atoms with E-state index in [1.165, 1.54) is 24.1 Å². The Kier molecular flexibility index (Phi) is 6.13. The predicted octanol–water partition coefficient (Wildman–Crippen LogP) is 3.12. The molecule has 0 aromatic carbocycles. The zero-order valence-electron chi connectivity index (χ0n) is 12.5. The molecule has 0 radical (unpaired) electrons. The monoisotopic (exact) mass is 249 g/mol. The van der Waals surface area contributed by atoms with Gasteiger partial charge in [-0.2, -0.15) is 0 Å². The average Bonchev–Trinajstić information content (AvgIpc) is 2.36. The molecule has 1 unspecified atom stereocenters. The second-order valence-electron chi connectivity index (χ2n) is 4.98. The fourth-order valence-electron chi connectivity index (χ4n) is 2.15. The lowest BCUT2D eigenvalue weighted by molar-refractivity contribution is 0.611. The molecule has 0 bridgehead atoms. The van der Waals surface area contributed by atoms with E-state index in [1.807, 2.05) is 6.20 Å². The Balaban J connectivity index is 2.92. The number of anilines is 1. The third-order valence-electron chi connectivity index (χ3n) is 3.41. The minimum atomic E-state index is 0.567. The lowest BCUT2D eigenvalue weighted by Crippen LogP contribution is -2.30. The first kappa shape index (κ1) is 15.0. The normalized spacial score (nSPS) is 12.5. The fraction of sp³-hybridized carbons (Fsp3) is 0.667. The zero-order valence-corrected chi connectivity index (χ0v) is 12.5. The van der Waals surface area contributed by atoms with Crippen LogP contribution in [-0.2, 0) is 6.54 Å². The Morgan fingerprint density at radius 3 is 2.72 bits per heavy atom. The molecule has 3 nitrogen and oxygen atoms in total. The second-order valence-corrected chi connectivity index (χ2v) is 4.98. The summed E-state index contributed by atoms with van der Waals surface area (Å²) >= 11 is 0. The van der Waals surface area contributed by atoms with E-state index in [4.69, 9.17) is 0 Å². The van der Waals surface area contributed by atoms with Crippen LogP contribution < -0.4 is 10.2 Å². The molecule has 0 saturated carbocycles. The minimum Gasteiger partial charge on any atom is -0.372 e. The highest BCUT2D eigenvalue weighted by Crippen LogP contribution is 2.23. The standard InChI is InChI=1S/C15H27N3/c1-6-8-13(4)18(5)15-9-12(3)17-11-14(15)10-16-7-2/h9,11,13,16H,6-8,10H2,1-5H3. The molecule has 0 fully saturated rings. The van der Waals surface area contributed by atoms with Gasteiger partial charge < -0.3 is 10.2 Å². The number of hydrogen-bond donors (Lipinski definition) is 1. The molecule has 3 heteroatoms. The van der Waals surface area contributed by atoms with Gasteiger partial charge in [-0.3, -0.25) is 4.98 Å². The van der Waals surface area contributed by atoms with Crippen LogP contribution in [-0.4, -0.2) is 24.6 Å². The molecule has 0 amide bonds. The van der Waals surface area contributed by atoms with Crippen LogP contribution in [0.1, 0.15) is 44.9 Å². The number of nitrogens with one attached hydrogen (secondary N) is 1. The van der Waals surface area contributed by atoms with Gasteiger partial charge in [-0.05, 0) is 32.9 Å². The fourth-order valence-corrected chi connectivity index (χ4v) is 2.15. The predicted molar refractivity (Wildman–Crippen MR) is 79.1 cm³/mol. The SMILES string of the molecule is CCCC(C)N(C)c1cc(C)ncc1CNCC. The number of rotatable bonds is 7. The van der Waals surface area contributed by atoms with Gasteiger partial charge in [0.2, 0.25) is 0 Å². The quantitative estimate of drug-likeness (QED) is 0.804. The van der Waals surface area contributed by atoms with Crippen molar-refractivity contribution in [2.45, 2.75) is 53.1 Å². The van der Waals surface area contributed by atoms with Gasteiger partial charge in [0.05, 0.1) is 0 Å². The molecule has 1 aromatic heterocycles. The average molecular weight is 249 g/mol. The van der Waals surface area contributed by atoms with Gasteiger partial charge in [-0.1, -0.05) is 20.3 Å². The summed E-state index contributed by atoms with van der Waals surface area (Å²) in [4.78, 5) is 6.79. The molecular weight excluding hydrogens is 222 g/mol. The number of aromatic nitrogens is 1. The molecule has 1 aromatic rings. The Hall–Kier alpha value is -1.09. The van der Waals surface area contributed by atoms with Gasteiger partial charge >= 0.3 is 0 Å². The van der Waals surface area contributed by atoms with Gasteiger partial charge in [-0.15, -0.1) is 0 Å². The third-order valence-corrected chi connectivity index (χ3v) is 3.41. The third kappa shape index (κ3) is 3.98. The largest absolute Gasteiger partial charge is 0.372 e. The van der Waals surface area contributed by atoms with Crippen LogP contribution in [0.5, 0.6) is 0 Å². The van der Waals surface area contributed by atoms with E-state index in [2.05, 4.69) is 56.0 Å². The molecule has 0 aliphatic rings. The summed E-state index contributed by atoms with van der Waals surface area (Å²) in [7, 11) is 2.19. The summed E-state index contributed by atoms with van der Waals surface area (Å²) in [6, 6.07) is 2.76. The molecule has 1 atom stereocenters. The lowest BCUT2D eigenvalue weighted by Gasteiger charge is -2.29. The highest BCUT2D eigenvalue weighted by atomic mass is 15.1. The molecule has 0 aliphatic carbocycles. The Morgan fingerprint density at radius 1 is 1.39 bits per heavy atom. The number of nitrogens with zero attached hydrogens (tertiary/aromatic N) is 2. The molecule has 0 aliphatic heterocycles. The van der Waals surface area contributed by atoms with Gasteiger partial charge in [0.1, 0.15) is 0 Å². The minimum absolute atomic E-state index is 0.567. The van der Waals surface area contributed by atoms with Crippen molar-refractivity contribution < 1.29 is 0 Å². The maximum atomic E-state index is 4.41. The van der Waals surface area contributed by atoms with Crippen molar-refractivity contribution in [1.29, 1.82) is 0 Å². The van der Waals surface area contributed by atoms with Crippen LogP contribution in [0.25, 0.3) is 0 Å². The maximum absolute atomic E-state index is 4.41. The number of aryl methyl sites for hydroxylation is 1. The number of hydrogen-bond acceptors (Lipinski definition) is 3. The Morgan fingerprint density at radius 2 is 2.11 bits per heavy atom. The van der Waals surface area contributed by atoms with E-state index in [0.29, 0.717) is 6.04 Å². The summed E-state index contributed by atoms with van der Waals surface area (Å²) in [5.41, 5.74) is 3.68.